The van der Waals surface area contributed by atoms with Gasteiger partial charge in [-0.15, -0.1) is 0 Å². The molecule has 1 atom stereocenters. The SMILES string of the molecule is Nc1ncccc1CC(=O)C1CNc2ccccc21. The van der Waals surface area contributed by atoms with Gasteiger partial charge in [-0.1, -0.05) is 24.3 Å². The molecule has 3 rings (SSSR count). The van der Waals surface area contributed by atoms with E-state index in [4.69, 9.17) is 5.73 Å². The molecule has 19 heavy (non-hydrogen) atoms. The van der Waals surface area contributed by atoms with E-state index in [9.17, 15) is 4.79 Å². The Hall–Kier alpha value is -2.36. The minimum absolute atomic E-state index is 0.0872. The third-order valence-electron chi connectivity index (χ3n) is 3.51. The summed E-state index contributed by atoms with van der Waals surface area (Å²) in [6.07, 6.45) is 1.97. The van der Waals surface area contributed by atoms with Crippen LogP contribution in [0.25, 0.3) is 0 Å². The lowest BCUT2D eigenvalue weighted by Crippen LogP contribution is -2.17. The summed E-state index contributed by atoms with van der Waals surface area (Å²) >= 11 is 0. The molecular formula is C15H15N3O. The summed E-state index contributed by atoms with van der Waals surface area (Å²) in [7, 11) is 0. The standard InChI is InChI=1S/C15H15N3O/c16-15-10(4-3-7-17-15)8-14(19)12-9-18-13-6-2-1-5-11(12)13/h1-7,12,18H,8-9H2,(H2,16,17). The van der Waals surface area contributed by atoms with E-state index >= 15 is 0 Å². The number of para-hydroxylation sites is 1. The minimum atomic E-state index is -0.0872. The number of anilines is 2. The first-order chi connectivity index (χ1) is 9.25. The van der Waals surface area contributed by atoms with E-state index in [1.165, 1.54) is 0 Å². The number of nitrogen functional groups attached to an aromatic ring is 1. The summed E-state index contributed by atoms with van der Waals surface area (Å²) in [5.41, 5.74) is 8.72. The Balaban J connectivity index is 1.81. The fraction of sp³-hybridized carbons (Fsp3) is 0.200. The van der Waals surface area contributed by atoms with Crippen LogP contribution in [0.1, 0.15) is 17.0 Å². The molecule has 4 heteroatoms. The lowest BCUT2D eigenvalue weighted by atomic mass is 9.93. The Bertz CT molecular complexity index is 624. The van der Waals surface area contributed by atoms with Gasteiger partial charge in [-0.25, -0.2) is 4.98 Å². The van der Waals surface area contributed by atoms with Crippen molar-refractivity contribution in [3.63, 3.8) is 0 Å². The summed E-state index contributed by atoms with van der Waals surface area (Å²) in [5.74, 6) is 0.531. The molecule has 1 aromatic carbocycles. The van der Waals surface area contributed by atoms with E-state index in [0.29, 0.717) is 18.8 Å². The van der Waals surface area contributed by atoms with Gasteiger partial charge in [0.25, 0.3) is 0 Å². The molecule has 0 saturated carbocycles. The van der Waals surface area contributed by atoms with Gasteiger partial charge in [0.15, 0.2) is 0 Å². The molecule has 1 aliphatic rings. The van der Waals surface area contributed by atoms with Crippen LogP contribution >= 0.6 is 0 Å². The number of Topliss-reactive ketones (excluding diaryl/α,β-unsaturated/α-hetero) is 1. The van der Waals surface area contributed by atoms with E-state index in [2.05, 4.69) is 10.3 Å². The highest BCUT2D eigenvalue weighted by atomic mass is 16.1. The summed E-state index contributed by atoms with van der Waals surface area (Å²) < 4.78 is 0. The van der Waals surface area contributed by atoms with Crippen LogP contribution in [-0.4, -0.2) is 17.3 Å². The molecular weight excluding hydrogens is 238 g/mol. The van der Waals surface area contributed by atoms with Crippen LogP contribution in [0, 0.1) is 0 Å². The van der Waals surface area contributed by atoms with Gasteiger partial charge in [-0.05, 0) is 17.7 Å². The highest BCUT2D eigenvalue weighted by Crippen LogP contribution is 2.32. The first-order valence-corrected chi connectivity index (χ1v) is 6.30. The molecule has 2 heterocycles. The lowest BCUT2D eigenvalue weighted by Gasteiger charge is -2.10. The van der Waals surface area contributed by atoms with Gasteiger partial charge in [0.2, 0.25) is 0 Å². The smallest absolute Gasteiger partial charge is 0.146 e. The van der Waals surface area contributed by atoms with Crippen molar-refractivity contribution >= 4 is 17.3 Å². The number of nitrogens with zero attached hydrogens (tertiary/aromatic N) is 1. The minimum Gasteiger partial charge on any atom is -0.384 e. The van der Waals surface area contributed by atoms with Crippen LogP contribution < -0.4 is 11.1 Å². The van der Waals surface area contributed by atoms with Gasteiger partial charge in [0.05, 0.1) is 5.92 Å². The van der Waals surface area contributed by atoms with Crippen LogP contribution in [0.2, 0.25) is 0 Å². The first kappa shape index (κ1) is 11.7. The van der Waals surface area contributed by atoms with Crippen LogP contribution in [0.3, 0.4) is 0 Å². The summed E-state index contributed by atoms with van der Waals surface area (Å²) in [6, 6.07) is 11.6. The van der Waals surface area contributed by atoms with Crippen molar-refractivity contribution < 1.29 is 4.79 Å². The molecule has 0 bridgehead atoms. The molecule has 0 spiro atoms. The number of carbonyl (C=O) groups is 1. The first-order valence-electron chi connectivity index (χ1n) is 6.30. The number of nitrogens with one attached hydrogen (secondary N) is 1. The molecule has 1 aromatic heterocycles. The number of carbonyl (C=O) groups excluding carboxylic acids is 1. The average Bonchev–Trinajstić information content (AvgIpc) is 2.85. The Kier molecular flexibility index (Phi) is 2.91. The van der Waals surface area contributed by atoms with Crippen molar-refractivity contribution in [1.29, 1.82) is 0 Å². The topological polar surface area (TPSA) is 68.0 Å². The lowest BCUT2D eigenvalue weighted by molar-refractivity contribution is -0.119. The van der Waals surface area contributed by atoms with Crippen molar-refractivity contribution in [3.05, 3.63) is 53.7 Å². The average molecular weight is 253 g/mol. The molecule has 1 unspecified atom stereocenters. The maximum Gasteiger partial charge on any atom is 0.146 e. The molecule has 0 aliphatic carbocycles. The molecule has 0 saturated heterocycles. The summed E-state index contributed by atoms with van der Waals surface area (Å²) in [4.78, 5) is 16.4. The van der Waals surface area contributed by atoms with E-state index in [1.807, 2.05) is 30.3 Å². The fourth-order valence-electron chi connectivity index (χ4n) is 2.48. The number of benzene rings is 1. The number of hydrogen-bond acceptors (Lipinski definition) is 4. The zero-order valence-corrected chi connectivity index (χ0v) is 10.5. The Morgan fingerprint density at radius 3 is 3.00 bits per heavy atom. The third-order valence-corrected chi connectivity index (χ3v) is 3.51. The number of aromatic nitrogens is 1. The van der Waals surface area contributed by atoms with Crippen LogP contribution in [-0.2, 0) is 11.2 Å². The molecule has 4 nitrogen and oxygen atoms in total. The number of nitrogens with two attached hydrogens (primary N) is 1. The van der Waals surface area contributed by atoms with Crippen molar-refractivity contribution in [2.24, 2.45) is 0 Å². The number of hydrogen-bond donors (Lipinski definition) is 2. The highest BCUT2D eigenvalue weighted by Gasteiger charge is 2.28. The number of ketones is 1. The van der Waals surface area contributed by atoms with Crippen LogP contribution in [0.5, 0.6) is 0 Å². The van der Waals surface area contributed by atoms with E-state index in [0.717, 1.165) is 16.8 Å². The van der Waals surface area contributed by atoms with Gasteiger partial charge in [0.1, 0.15) is 11.6 Å². The summed E-state index contributed by atoms with van der Waals surface area (Å²) in [6.45, 7) is 0.665. The van der Waals surface area contributed by atoms with E-state index in [-0.39, 0.29) is 11.7 Å². The van der Waals surface area contributed by atoms with E-state index < -0.39 is 0 Å². The zero-order valence-electron chi connectivity index (χ0n) is 10.5. The van der Waals surface area contributed by atoms with E-state index in [1.54, 1.807) is 12.3 Å². The molecule has 3 N–H and O–H groups in total. The quantitative estimate of drug-likeness (QED) is 0.877. The van der Waals surface area contributed by atoms with Crippen molar-refractivity contribution in [2.45, 2.75) is 12.3 Å². The van der Waals surface area contributed by atoms with Crippen molar-refractivity contribution in [1.82, 2.24) is 4.98 Å². The number of rotatable bonds is 3. The highest BCUT2D eigenvalue weighted by molar-refractivity contribution is 5.91. The fourth-order valence-corrected chi connectivity index (χ4v) is 2.48. The Labute approximate surface area is 111 Å². The predicted molar refractivity (Wildman–Crippen MR) is 75.0 cm³/mol. The zero-order chi connectivity index (χ0) is 13.2. The maximum atomic E-state index is 12.4. The molecule has 1 aliphatic heterocycles. The van der Waals surface area contributed by atoms with Gasteiger partial charge in [-0.2, -0.15) is 0 Å². The molecule has 0 fully saturated rings. The second-order valence-electron chi connectivity index (χ2n) is 4.71. The second-order valence-corrected chi connectivity index (χ2v) is 4.71. The van der Waals surface area contributed by atoms with Crippen LogP contribution in [0.4, 0.5) is 11.5 Å². The number of fused-ring (bicyclic) bond motifs is 1. The Morgan fingerprint density at radius 1 is 1.32 bits per heavy atom. The molecule has 0 amide bonds. The maximum absolute atomic E-state index is 12.4. The van der Waals surface area contributed by atoms with Gasteiger partial charge in [0, 0.05) is 30.4 Å². The third kappa shape index (κ3) is 2.17. The monoisotopic (exact) mass is 253 g/mol. The van der Waals surface area contributed by atoms with Crippen LogP contribution in [0.15, 0.2) is 42.6 Å². The van der Waals surface area contributed by atoms with Gasteiger partial charge in [-0.3, -0.25) is 4.79 Å². The Morgan fingerprint density at radius 2 is 2.16 bits per heavy atom. The number of pyridine rings is 1. The second kappa shape index (κ2) is 4.72. The van der Waals surface area contributed by atoms with Gasteiger partial charge < -0.3 is 11.1 Å². The normalized spacial score (nSPS) is 16.7. The molecule has 96 valence electrons. The largest absolute Gasteiger partial charge is 0.384 e. The van der Waals surface area contributed by atoms with Crippen molar-refractivity contribution in [3.8, 4) is 0 Å². The predicted octanol–water partition coefficient (Wildman–Crippen LogP) is 1.98. The van der Waals surface area contributed by atoms with Crippen molar-refractivity contribution in [2.75, 3.05) is 17.6 Å². The van der Waals surface area contributed by atoms with Gasteiger partial charge >= 0.3 is 0 Å². The molecule has 2 aromatic rings. The summed E-state index contributed by atoms with van der Waals surface area (Å²) in [5, 5.41) is 3.26. The molecule has 0 radical (unpaired) electrons.